The average Bonchev–Trinajstić information content (AvgIpc) is 3.36. The van der Waals surface area contributed by atoms with Crippen LogP contribution in [0, 0.1) is 22.7 Å². The highest BCUT2D eigenvalue weighted by molar-refractivity contribution is 6.02. The first-order valence-electron chi connectivity index (χ1n) is 13.2. The van der Waals surface area contributed by atoms with Crippen molar-refractivity contribution in [1.29, 1.82) is 0 Å². The number of phenols is 1. The predicted molar refractivity (Wildman–Crippen MR) is 132 cm³/mol. The number of carbonyl (C=O) groups excluding carboxylic acids is 1. The Labute approximate surface area is 216 Å². The zero-order chi connectivity index (χ0) is 27.1. The number of benzene rings is 1. The molecule has 4 unspecified atom stereocenters. The topological polar surface area (TPSA) is 145 Å². The Hall–Kier alpha value is -2.81. The number of amides is 1. The number of carboxylic acid groups (broad SMARTS) is 2. The number of aliphatic hydroxyl groups excluding tert-OH is 1. The number of ether oxygens (including phenoxy) is 1. The van der Waals surface area contributed by atoms with Gasteiger partial charge in [-0.25, -0.2) is 4.79 Å². The number of fused-ring (bicyclic) bond motifs is 5. The van der Waals surface area contributed by atoms with Crippen LogP contribution in [0.5, 0.6) is 11.5 Å². The summed E-state index contributed by atoms with van der Waals surface area (Å²) in [6.45, 7) is 8.66. The van der Waals surface area contributed by atoms with Gasteiger partial charge in [-0.1, -0.05) is 27.7 Å². The number of hydrogen-bond acceptors (Lipinski definition) is 6. The van der Waals surface area contributed by atoms with E-state index >= 15 is 0 Å². The fourth-order valence-corrected chi connectivity index (χ4v) is 8.22. The van der Waals surface area contributed by atoms with Crippen molar-refractivity contribution in [2.45, 2.75) is 96.9 Å². The molecule has 5 rings (SSSR count). The Balaban J connectivity index is 1.55. The minimum Gasteiger partial charge on any atom is -0.508 e. The highest BCUT2D eigenvalue weighted by Gasteiger charge is 2.67. The lowest BCUT2D eigenvalue weighted by Crippen LogP contribution is -2.66. The fourth-order valence-electron chi connectivity index (χ4n) is 8.22. The van der Waals surface area contributed by atoms with Crippen LogP contribution in [0.2, 0.25) is 0 Å². The summed E-state index contributed by atoms with van der Waals surface area (Å²) in [6.07, 6.45) is 2.83. The summed E-state index contributed by atoms with van der Waals surface area (Å²) in [4.78, 5) is 37.6. The van der Waals surface area contributed by atoms with Gasteiger partial charge in [-0.05, 0) is 55.4 Å². The Morgan fingerprint density at radius 3 is 2.51 bits per heavy atom. The molecular weight excluding hydrogens is 478 g/mol. The van der Waals surface area contributed by atoms with Gasteiger partial charge in [0, 0.05) is 29.4 Å². The van der Waals surface area contributed by atoms with Gasteiger partial charge in [-0.3, -0.25) is 9.59 Å². The molecule has 1 spiro atoms. The second kappa shape index (κ2) is 8.35. The molecule has 202 valence electrons. The summed E-state index contributed by atoms with van der Waals surface area (Å²) < 4.78 is 6.95. The zero-order valence-corrected chi connectivity index (χ0v) is 21.9. The lowest BCUT2D eigenvalue weighted by Gasteiger charge is -2.64. The Morgan fingerprint density at radius 2 is 1.86 bits per heavy atom. The number of aromatic hydroxyl groups is 1. The summed E-state index contributed by atoms with van der Waals surface area (Å²) in [5, 5.41) is 40.8. The SMILES string of the molecule is CC1CCC2C(C)(C)[C@H](O)CC[C@]2(C)C12Cc1c(O)cc3c(c1O2)CN(C(CCC(=O)O)C(=O)O)C3=O. The number of aliphatic carboxylic acids is 2. The standard InChI is InChI=1S/C28H37NO8/c1-14-5-7-20-26(2,3)21(31)9-10-27(20,4)28(14)12-16-19(30)11-15-17(23(16)37-28)13-29(24(15)34)18(25(35)36)6-8-22(32)33/h11,14,18,20-21,30-31H,5-10,12-13H2,1-4H3,(H,32,33)(H,35,36)/t14?,18?,20?,21-,27+,28?/m1/s1. The van der Waals surface area contributed by atoms with E-state index in [1.165, 1.54) is 11.0 Å². The van der Waals surface area contributed by atoms with Crippen molar-refractivity contribution >= 4 is 17.8 Å². The molecule has 9 heteroatoms. The number of carboxylic acids is 2. The molecule has 37 heavy (non-hydrogen) atoms. The van der Waals surface area contributed by atoms with Crippen LogP contribution in [0.4, 0.5) is 0 Å². The highest BCUT2D eigenvalue weighted by Crippen LogP contribution is 2.67. The molecule has 0 bridgehead atoms. The second-order valence-electron chi connectivity index (χ2n) is 12.4. The van der Waals surface area contributed by atoms with E-state index in [4.69, 9.17) is 9.84 Å². The third-order valence-corrected chi connectivity index (χ3v) is 10.4. The Morgan fingerprint density at radius 1 is 1.16 bits per heavy atom. The van der Waals surface area contributed by atoms with Crippen LogP contribution in [0.1, 0.15) is 87.7 Å². The number of nitrogens with zero attached hydrogens (tertiary/aromatic N) is 1. The lowest BCUT2D eigenvalue weighted by molar-refractivity contribution is -0.210. The molecule has 9 nitrogen and oxygen atoms in total. The van der Waals surface area contributed by atoms with E-state index in [0.717, 1.165) is 19.3 Å². The van der Waals surface area contributed by atoms with Gasteiger partial charge in [0.15, 0.2) is 0 Å². The van der Waals surface area contributed by atoms with Crippen LogP contribution in [0.25, 0.3) is 0 Å². The summed E-state index contributed by atoms with van der Waals surface area (Å²) in [6, 6.07) is 0.122. The molecule has 4 N–H and O–H groups in total. The van der Waals surface area contributed by atoms with E-state index in [1.54, 1.807) is 0 Å². The normalized spacial score (nSPS) is 34.5. The predicted octanol–water partition coefficient (Wildman–Crippen LogP) is 3.57. The van der Waals surface area contributed by atoms with Crippen molar-refractivity contribution in [1.82, 2.24) is 4.90 Å². The molecule has 1 aromatic rings. The van der Waals surface area contributed by atoms with E-state index in [0.29, 0.717) is 29.7 Å². The second-order valence-corrected chi connectivity index (χ2v) is 12.4. The summed E-state index contributed by atoms with van der Waals surface area (Å²) in [5.74, 6) is -2.14. The van der Waals surface area contributed by atoms with E-state index in [9.17, 15) is 29.7 Å². The molecule has 0 saturated heterocycles. The molecule has 2 heterocycles. The number of carbonyl (C=O) groups is 3. The van der Waals surface area contributed by atoms with Gasteiger partial charge >= 0.3 is 11.9 Å². The third kappa shape index (κ3) is 3.49. The zero-order valence-electron chi connectivity index (χ0n) is 21.9. The van der Waals surface area contributed by atoms with Crippen molar-refractivity contribution in [3.63, 3.8) is 0 Å². The Bertz CT molecular complexity index is 1180. The largest absolute Gasteiger partial charge is 0.508 e. The third-order valence-electron chi connectivity index (χ3n) is 10.4. The molecule has 1 aromatic carbocycles. The molecule has 2 saturated carbocycles. The Kier molecular flexibility index (Phi) is 5.83. The smallest absolute Gasteiger partial charge is 0.326 e. The molecule has 0 radical (unpaired) electrons. The van der Waals surface area contributed by atoms with Gasteiger partial charge in [-0.15, -0.1) is 0 Å². The molecule has 6 atom stereocenters. The first kappa shape index (κ1) is 25.8. The van der Waals surface area contributed by atoms with E-state index in [1.807, 2.05) is 0 Å². The van der Waals surface area contributed by atoms with Crippen LogP contribution < -0.4 is 4.74 Å². The van der Waals surface area contributed by atoms with E-state index in [-0.39, 0.29) is 53.4 Å². The van der Waals surface area contributed by atoms with Gasteiger partial charge in [-0.2, -0.15) is 0 Å². The average molecular weight is 516 g/mol. The maximum absolute atomic E-state index is 13.3. The summed E-state index contributed by atoms with van der Waals surface area (Å²) in [7, 11) is 0. The maximum Gasteiger partial charge on any atom is 0.326 e. The van der Waals surface area contributed by atoms with Gasteiger partial charge in [0.2, 0.25) is 0 Å². The molecule has 2 fully saturated rings. The van der Waals surface area contributed by atoms with Crippen LogP contribution in [-0.4, -0.2) is 60.9 Å². The first-order valence-corrected chi connectivity index (χ1v) is 13.2. The summed E-state index contributed by atoms with van der Waals surface area (Å²) >= 11 is 0. The van der Waals surface area contributed by atoms with Crippen LogP contribution >= 0.6 is 0 Å². The molecular formula is C28H37NO8. The monoisotopic (exact) mass is 515 g/mol. The van der Waals surface area contributed by atoms with Gasteiger partial charge in [0.05, 0.1) is 18.2 Å². The maximum atomic E-state index is 13.3. The van der Waals surface area contributed by atoms with E-state index < -0.39 is 35.6 Å². The number of phenolic OH excluding ortho intramolecular Hbond substituents is 1. The number of hydrogen-bond donors (Lipinski definition) is 4. The number of rotatable bonds is 5. The van der Waals surface area contributed by atoms with Crippen molar-refractivity contribution in [2.24, 2.45) is 22.7 Å². The highest BCUT2D eigenvalue weighted by atomic mass is 16.5. The van der Waals surface area contributed by atoms with Gasteiger partial charge in [0.25, 0.3) is 5.91 Å². The summed E-state index contributed by atoms with van der Waals surface area (Å²) in [5.41, 5.74) is 0.202. The van der Waals surface area contributed by atoms with Crippen LogP contribution in [0.3, 0.4) is 0 Å². The molecule has 1 amide bonds. The molecule has 4 aliphatic rings. The number of aliphatic hydroxyl groups is 1. The van der Waals surface area contributed by atoms with Gasteiger partial charge in [0.1, 0.15) is 23.1 Å². The van der Waals surface area contributed by atoms with Crippen molar-refractivity contribution in [2.75, 3.05) is 0 Å². The molecule has 0 aromatic heterocycles. The van der Waals surface area contributed by atoms with E-state index in [2.05, 4.69) is 27.7 Å². The lowest BCUT2D eigenvalue weighted by atomic mass is 9.43. The van der Waals surface area contributed by atoms with Crippen LogP contribution in [0.15, 0.2) is 6.07 Å². The quantitative estimate of drug-likeness (QED) is 0.466. The molecule has 2 aliphatic carbocycles. The van der Waals surface area contributed by atoms with Gasteiger partial charge < -0.3 is 30.1 Å². The first-order chi connectivity index (χ1) is 17.2. The van der Waals surface area contributed by atoms with Crippen LogP contribution in [-0.2, 0) is 22.6 Å². The minimum atomic E-state index is -1.29. The minimum absolute atomic E-state index is 0.0117. The molecule has 2 aliphatic heterocycles. The fraction of sp³-hybridized carbons (Fsp3) is 0.679. The van der Waals surface area contributed by atoms with Crippen molar-refractivity contribution in [3.8, 4) is 11.5 Å². The van der Waals surface area contributed by atoms with Crippen molar-refractivity contribution < 1.29 is 39.5 Å². The van der Waals surface area contributed by atoms with Crippen molar-refractivity contribution in [3.05, 3.63) is 22.8 Å².